The van der Waals surface area contributed by atoms with Crippen LogP contribution in [-0.4, -0.2) is 11.0 Å². The van der Waals surface area contributed by atoms with Gasteiger partial charge in [0.25, 0.3) is 5.91 Å². The van der Waals surface area contributed by atoms with Gasteiger partial charge in [0.1, 0.15) is 0 Å². The molecule has 3 nitrogen and oxygen atoms in total. The summed E-state index contributed by atoms with van der Waals surface area (Å²) in [5, 5.41) is 11.0. The van der Waals surface area contributed by atoms with Gasteiger partial charge in [0.2, 0.25) is 0 Å². The minimum atomic E-state index is -1.78. The molecule has 3 rings (SSSR count). The Morgan fingerprint density at radius 3 is 2.38 bits per heavy atom. The van der Waals surface area contributed by atoms with Gasteiger partial charge < -0.3 is 10.8 Å². The Hall–Kier alpha value is -2.13. The van der Waals surface area contributed by atoms with Crippen LogP contribution in [0.4, 0.5) is 0 Å². The van der Waals surface area contributed by atoms with Gasteiger partial charge in [-0.25, -0.2) is 0 Å². The van der Waals surface area contributed by atoms with E-state index in [1.54, 1.807) is 24.3 Å². The molecule has 0 bridgehead atoms. The van der Waals surface area contributed by atoms with Gasteiger partial charge in [0.15, 0.2) is 5.60 Å². The summed E-state index contributed by atoms with van der Waals surface area (Å²) in [5.74, 6) is -0.118. The monoisotopic (exact) mass is 281 g/mol. The van der Waals surface area contributed by atoms with Crippen LogP contribution in [0.5, 0.6) is 0 Å². The highest BCUT2D eigenvalue weighted by Gasteiger charge is 2.39. The van der Waals surface area contributed by atoms with Crippen molar-refractivity contribution in [1.82, 2.24) is 0 Å². The molecule has 0 aliphatic heterocycles. The number of benzene rings is 2. The largest absolute Gasteiger partial charge is 0.372 e. The number of rotatable bonds is 4. The number of hydrogen-bond donors (Lipinski definition) is 2. The van der Waals surface area contributed by atoms with E-state index in [9.17, 15) is 9.90 Å². The molecule has 0 heterocycles. The molecular weight excluding hydrogens is 262 g/mol. The average Bonchev–Trinajstić information content (AvgIpc) is 3.31. The van der Waals surface area contributed by atoms with Gasteiger partial charge >= 0.3 is 0 Å². The summed E-state index contributed by atoms with van der Waals surface area (Å²) in [4.78, 5) is 12.0. The molecule has 1 fully saturated rings. The van der Waals surface area contributed by atoms with Crippen LogP contribution in [0.2, 0.25) is 0 Å². The number of primary amides is 1. The number of amides is 1. The van der Waals surface area contributed by atoms with Crippen LogP contribution in [0, 0.1) is 6.92 Å². The second-order valence-corrected chi connectivity index (χ2v) is 5.79. The minimum absolute atomic E-state index is 0.500. The summed E-state index contributed by atoms with van der Waals surface area (Å²) in [5.41, 5.74) is 6.97. The van der Waals surface area contributed by atoms with E-state index in [4.69, 9.17) is 5.73 Å². The second-order valence-electron chi connectivity index (χ2n) is 5.79. The first-order valence-electron chi connectivity index (χ1n) is 7.22. The molecular formula is C18H19NO2. The van der Waals surface area contributed by atoms with E-state index in [1.807, 2.05) is 25.1 Å². The molecule has 0 radical (unpaired) electrons. The molecule has 1 aliphatic carbocycles. The average molecular weight is 281 g/mol. The molecule has 0 saturated heterocycles. The Labute approximate surface area is 124 Å². The second kappa shape index (κ2) is 5.01. The molecule has 0 aromatic heterocycles. The zero-order chi connectivity index (χ0) is 15.0. The van der Waals surface area contributed by atoms with Crippen molar-refractivity contribution in [3.05, 3.63) is 70.8 Å². The molecule has 3 N–H and O–H groups in total. The quantitative estimate of drug-likeness (QED) is 0.904. The summed E-state index contributed by atoms with van der Waals surface area (Å²) in [6.45, 7) is 1.91. The smallest absolute Gasteiger partial charge is 0.258 e. The predicted octanol–water partition coefficient (Wildman–Crippen LogP) is 2.59. The van der Waals surface area contributed by atoms with Gasteiger partial charge in [0.05, 0.1) is 0 Å². The molecule has 1 atom stereocenters. The highest BCUT2D eigenvalue weighted by molar-refractivity contribution is 5.89. The zero-order valence-corrected chi connectivity index (χ0v) is 12.0. The van der Waals surface area contributed by atoms with Crippen LogP contribution in [0.25, 0.3) is 0 Å². The molecule has 2 aromatic carbocycles. The van der Waals surface area contributed by atoms with Gasteiger partial charge in [-0.2, -0.15) is 0 Å². The molecule has 108 valence electrons. The molecule has 2 aromatic rings. The Morgan fingerprint density at radius 1 is 1.19 bits per heavy atom. The number of nitrogens with two attached hydrogens (primary N) is 1. The van der Waals surface area contributed by atoms with Crippen LogP contribution >= 0.6 is 0 Å². The highest BCUT2D eigenvalue weighted by atomic mass is 16.3. The van der Waals surface area contributed by atoms with Crippen LogP contribution in [0.1, 0.15) is 41.0 Å². The zero-order valence-electron chi connectivity index (χ0n) is 12.0. The fourth-order valence-electron chi connectivity index (χ4n) is 2.87. The molecule has 3 heteroatoms. The molecule has 1 amide bonds. The number of hydrogen-bond acceptors (Lipinski definition) is 2. The van der Waals surface area contributed by atoms with E-state index in [2.05, 4.69) is 6.07 Å². The third kappa shape index (κ3) is 2.34. The van der Waals surface area contributed by atoms with Crippen LogP contribution in [0.3, 0.4) is 0 Å². The van der Waals surface area contributed by atoms with E-state index in [0.29, 0.717) is 17.0 Å². The summed E-state index contributed by atoms with van der Waals surface area (Å²) in [6, 6.07) is 14.8. The lowest BCUT2D eigenvalue weighted by Crippen LogP contribution is -2.42. The SMILES string of the molecule is Cc1cc(C2CC2)ccc1C(O)(C(N)=O)c1ccccc1. The minimum Gasteiger partial charge on any atom is -0.372 e. The third-order valence-corrected chi connectivity index (χ3v) is 4.24. The maximum atomic E-state index is 12.0. The maximum absolute atomic E-state index is 12.0. The van der Waals surface area contributed by atoms with Crippen LogP contribution in [0.15, 0.2) is 48.5 Å². The maximum Gasteiger partial charge on any atom is 0.258 e. The van der Waals surface area contributed by atoms with Gasteiger partial charge in [-0.3, -0.25) is 4.79 Å². The Bertz CT molecular complexity index is 677. The van der Waals surface area contributed by atoms with E-state index < -0.39 is 11.5 Å². The van der Waals surface area contributed by atoms with Crippen molar-refractivity contribution in [2.75, 3.05) is 0 Å². The molecule has 1 unspecified atom stereocenters. The van der Waals surface area contributed by atoms with Crippen LogP contribution < -0.4 is 5.73 Å². The van der Waals surface area contributed by atoms with Gasteiger partial charge in [0, 0.05) is 5.56 Å². The lowest BCUT2D eigenvalue weighted by atomic mass is 9.82. The van der Waals surface area contributed by atoms with Crippen LogP contribution in [-0.2, 0) is 10.4 Å². The van der Waals surface area contributed by atoms with Crippen molar-refractivity contribution in [3.8, 4) is 0 Å². The Kier molecular flexibility index (Phi) is 3.30. The summed E-state index contributed by atoms with van der Waals surface area (Å²) < 4.78 is 0. The predicted molar refractivity (Wildman–Crippen MR) is 81.8 cm³/mol. The molecule has 21 heavy (non-hydrogen) atoms. The summed E-state index contributed by atoms with van der Waals surface area (Å²) >= 11 is 0. The fourth-order valence-corrected chi connectivity index (χ4v) is 2.87. The summed E-state index contributed by atoms with van der Waals surface area (Å²) in [6.07, 6.45) is 2.44. The number of aliphatic hydroxyl groups is 1. The van der Waals surface area contributed by atoms with Crippen molar-refractivity contribution >= 4 is 5.91 Å². The van der Waals surface area contributed by atoms with Gasteiger partial charge in [-0.15, -0.1) is 0 Å². The lowest BCUT2D eigenvalue weighted by molar-refractivity contribution is -0.133. The standard InChI is InChI=1S/C18H19NO2/c1-12-11-14(13-7-8-13)9-10-16(12)18(21,17(19)20)15-5-3-2-4-6-15/h2-6,9-11,13,21H,7-8H2,1H3,(H2,19,20). The first kappa shape index (κ1) is 13.8. The van der Waals surface area contributed by atoms with E-state index in [0.717, 1.165) is 5.56 Å². The number of carbonyl (C=O) groups is 1. The van der Waals surface area contributed by atoms with Crippen molar-refractivity contribution in [2.24, 2.45) is 5.73 Å². The van der Waals surface area contributed by atoms with E-state index in [1.165, 1.54) is 18.4 Å². The topological polar surface area (TPSA) is 63.3 Å². The van der Waals surface area contributed by atoms with Crippen molar-refractivity contribution in [3.63, 3.8) is 0 Å². The van der Waals surface area contributed by atoms with Gasteiger partial charge in [-0.1, -0.05) is 48.5 Å². The first-order chi connectivity index (χ1) is 10.0. The molecule has 1 saturated carbocycles. The van der Waals surface area contributed by atoms with E-state index in [-0.39, 0.29) is 0 Å². The Balaban J connectivity index is 2.11. The van der Waals surface area contributed by atoms with Crippen molar-refractivity contribution in [2.45, 2.75) is 31.3 Å². The molecule has 0 spiro atoms. The Morgan fingerprint density at radius 2 is 1.86 bits per heavy atom. The van der Waals surface area contributed by atoms with Crippen molar-refractivity contribution < 1.29 is 9.90 Å². The fraction of sp³-hybridized carbons (Fsp3) is 0.278. The normalized spacial score (nSPS) is 17.2. The number of aryl methyl sites for hydroxylation is 1. The highest BCUT2D eigenvalue weighted by Crippen LogP contribution is 2.41. The number of carbonyl (C=O) groups excluding carboxylic acids is 1. The summed E-state index contributed by atoms with van der Waals surface area (Å²) in [7, 11) is 0. The van der Waals surface area contributed by atoms with Crippen molar-refractivity contribution in [1.29, 1.82) is 0 Å². The molecule has 1 aliphatic rings. The lowest BCUT2D eigenvalue weighted by Gasteiger charge is -2.27. The first-order valence-corrected chi connectivity index (χ1v) is 7.22. The van der Waals surface area contributed by atoms with Gasteiger partial charge in [-0.05, 0) is 42.4 Å². The third-order valence-electron chi connectivity index (χ3n) is 4.24. The van der Waals surface area contributed by atoms with E-state index >= 15 is 0 Å².